The Kier molecular flexibility index (Phi) is 6.28. The zero-order chi connectivity index (χ0) is 27.0. The lowest BCUT2D eigenvalue weighted by Crippen LogP contribution is -2.54. The van der Waals surface area contributed by atoms with Gasteiger partial charge in [0.15, 0.2) is 0 Å². The van der Waals surface area contributed by atoms with Gasteiger partial charge in [-0.3, -0.25) is 29.4 Å². The van der Waals surface area contributed by atoms with Crippen molar-refractivity contribution in [3.05, 3.63) is 89.5 Å². The molecule has 2 aliphatic heterocycles. The van der Waals surface area contributed by atoms with Gasteiger partial charge in [0.2, 0.25) is 11.8 Å². The summed E-state index contributed by atoms with van der Waals surface area (Å²) in [6, 6.07) is 20.8. The van der Waals surface area contributed by atoms with Crippen LogP contribution in [-0.2, 0) is 15.1 Å². The van der Waals surface area contributed by atoms with Crippen LogP contribution in [-0.4, -0.2) is 40.6 Å². The summed E-state index contributed by atoms with van der Waals surface area (Å²) in [6.07, 6.45) is 0.118. The van der Waals surface area contributed by atoms with Crippen LogP contribution in [0, 0.1) is 0 Å². The summed E-state index contributed by atoms with van der Waals surface area (Å²) in [6.45, 7) is 3.76. The van der Waals surface area contributed by atoms with E-state index in [0.717, 1.165) is 21.6 Å². The Morgan fingerprint density at radius 2 is 1.53 bits per heavy atom. The number of urea groups is 1. The van der Waals surface area contributed by atoms with Gasteiger partial charge in [0.1, 0.15) is 6.04 Å². The monoisotopic (exact) mass is 510 g/mol. The van der Waals surface area contributed by atoms with E-state index in [9.17, 15) is 24.0 Å². The molecule has 0 saturated carbocycles. The third-order valence-electron chi connectivity index (χ3n) is 6.84. The van der Waals surface area contributed by atoms with Crippen molar-refractivity contribution in [2.75, 3.05) is 5.32 Å². The minimum absolute atomic E-state index is 0.0432. The Labute approximate surface area is 219 Å². The number of anilines is 1. The van der Waals surface area contributed by atoms with Gasteiger partial charge in [0.05, 0.1) is 16.7 Å². The summed E-state index contributed by atoms with van der Waals surface area (Å²) in [5.74, 6) is -2.35. The van der Waals surface area contributed by atoms with E-state index in [2.05, 4.69) is 16.0 Å². The first-order valence-corrected chi connectivity index (χ1v) is 12.2. The highest BCUT2D eigenvalue weighted by atomic mass is 16.2. The van der Waals surface area contributed by atoms with E-state index in [1.54, 1.807) is 0 Å². The van der Waals surface area contributed by atoms with Crippen LogP contribution in [0.5, 0.6) is 0 Å². The molecule has 0 aliphatic carbocycles. The number of hydrogen-bond donors (Lipinski definition) is 3. The fourth-order valence-corrected chi connectivity index (χ4v) is 4.78. The molecule has 1 atom stereocenters. The molecule has 3 aromatic rings. The summed E-state index contributed by atoms with van der Waals surface area (Å²) in [5.41, 5.74) is 2.92. The number of carbonyl (C=O) groups excluding carboxylic acids is 5. The Bertz CT molecular complexity index is 1460. The standard InChI is InChI=1S/C29H26N4O5/c1-29(2,19-10-8-18(9-11-19)17-6-4-3-5-7-17)32-28(38)30-20-12-13-21-22(16-20)27(37)33(26(21)36)23-14-15-24(34)31-25(23)35/h3-13,16,23H,14-15H2,1-2H3,(H2,30,32,38)(H,31,34,35). The number of nitrogens with one attached hydrogen (secondary N) is 3. The number of imide groups is 2. The van der Waals surface area contributed by atoms with E-state index in [1.165, 1.54) is 18.2 Å². The number of amides is 6. The minimum Gasteiger partial charge on any atom is -0.329 e. The van der Waals surface area contributed by atoms with Crippen molar-refractivity contribution in [2.45, 2.75) is 38.3 Å². The van der Waals surface area contributed by atoms with Gasteiger partial charge in [-0.15, -0.1) is 0 Å². The molecule has 2 heterocycles. The summed E-state index contributed by atoms with van der Waals surface area (Å²) in [4.78, 5) is 63.3. The quantitative estimate of drug-likeness (QED) is 0.450. The van der Waals surface area contributed by atoms with Gasteiger partial charge in [0.25, 0.3) is 11.8 Å². The Hall–Kier alpha value is -4.79. The molecular formula is C29H26N4O5. The van der Waals surface area contributed by atoms with E-state index < -0.39 is 41.2 Å². The number of benzene rings is 3. The van der Waals surface area contributed by atoms with Gasteiger partial charge in [-0.1, -0.05) is 54.6 Å². The first-order chi connectivity index (χ1) is 18.1. The molecule has 9 nitrogen and oxygen atoms in total. The Morgan fingerprint density at radius 1 is 0.868 bits per heavy atom. The second kappa shape index (κ2) is 9.59. The highest BCUT2D eigenvalue weighted by Gasteiger charge is 2.44. The summed E-state index contributed by atoms with van der Waals surface area (Å²) in [5, 5.41) is 7.83. The predicted molar refractivity (Wildman–Crippen MR) is 140 cm³/mol. The van der Waals surface area contributed by atoms with Crippen LogP contribution in [0.4, 0.5) is 10.5 Å². The number of carbonyl (C=O) groups is 5. The zero-order valence-corrected chi connectivity index (χ0v) is 20.9. The maximum Gasteiger partial charge on any atom is 0.319 e. The largest absolute Gasteiger partial charge is 0.329 e. The molecule has 1 unspecified atom stereocenters. The van der Waals surface area contributed by atoms with Crippen molar-refractivity contribution in [1.29, 1.82) is 0 Å². The first kappa shape index (κ1) is 24.9. The molecule has 0 radical (unpaired) electrons. The molecule has 0 bridgehead atoms. The van der Waals surface area contributed by atoms with Crippen LogP contribution in [0.25, 0.3) is 11.1 Å². The van der Waals surface area contributed by atoms with Crippen LogP contribution in [0.15, 0.2) is 72.8 Å². The lowest BCUT2D eigenvalue weighted by molar-refractivity contribution is -0.136. The van der Waals surface area contributed by atoms with Crippen LogP contribution < -0.4 is 16.0 Å². The highest BCUT2D eigenvalue weighted by molar-refractivity contribution is 6.23. The molecule has 9 heteroatoms. The third-order valence-corrected chi connectivity index (χ3v) is 6.84. The summed E-state index contributed by atoms with van der Waals surface area (Å²) in [7, 11) is 0. The number of hydrogen-bond acceptors (Lipinski definition) is 5. The average molecular weight is 511 g/mol. The Balaban J connectivity index is 1.27. The van der Waals surface area contributed by atoms with E-state index in [0.29, 0.717) is 5.69 Å². The molecule has 1 saturated heterocycles. The van der Waals surface area contributed by atoms with E-state index in [1.807, 2.05) is 68.4 Å². The zero-order valence-electron chi connectivity index (χ0n) is 20.9. The molecule has 1 fully saturated rings. The summed E-state index contributed by atoms with van der Waals surface area (Å²) >= 11 is 0. The highest BCUT2D eigenvalue weighted by Crippen LogP contribution is 2.30. The van der Waals surface area contributed by atoms with Crippen LogP contribution in [0.1, 0.15) is 53.0 Å². The number of piperidine rings is 1. The molecular weight excluding hydrogens is 484 g/mol. The van der Waals surface area contributed by atoms with Gasteiger partial charge >= 0.3 is 6.03 Å². The molecule has 0 spiro atoms. The van der Waals surface area contributed by atoms with Gasteiger partial charge in [-0.25, -0.2) is 4.79 Å². The van der Waals surface area contributed by atoms with E-state index >= 15 is 0 Å². The van der Waals surface area contributed by atoms with Crippen molar-refractivity contribution in [3.63, 3.8) is 0 Å². The molecule has 6 amide bonds. The van der Waals surface area contributed by atoms with Gasteiger partial charge in [-0.05, 0) is 55.2 Å². The fraction of sp³-hybridized carbons (Fsp3) is 0.207. The third kappa shape index (κ3) is 4.66. The normalized spacial score (nSPS) is 17.2. The lowest BCUT2D eigenvalue weighted by Gasteiger charge is -2.27. The lowest BCUT2D eigenvalue weighted by atomic mass is 9.92. The molecule has 3 N–H and O–H groups in total. The number of fused-ring (bicyclic) bond motifs is 1. The van der Waals surface area contributed by atoms with Gasteiger partial charge < -0.3 is 10.6 Å². The fourth-order valence-electron chi connectivity index (χ4n) is 4.78. The van der Waals surface area contributed by atoms with Crippen molar-refractivity contribution in [3.8, 4) is 11.1 Å². The second-order valence-corrected chi connectivity index (χ2v) is 9.86. The predicted octanol–water partition coefficient (Wildman–Crippen LogP) is 3.81. The second-order valence-electron chi connectivity index (χ2n) is 9.86. The maximum atomic E-state index is 13.0. The van der Waals surface area contributed by atoms with Crippen molar-refractivity contribution in [2.24, 2.45) is 0 Å². The topological polar surface area (TPSA) is 125 Å². The minimum atomic E-state index is -1.05. The molecule has 192 valence electrons. The first-order valence-electron chi connectivity index (χ1n) is 12.2. The van der Waals surface area contributed by atoms with E-state index in [4.69, 9.17) is 0 Å². The van der Waals surface area contributed by atoms with Crippen LogP contribution >= 0.6 is 0 Å². The number of rotatable bonds is 5. The number of nitrogens with zero attached hydrogens (tertiary/aromatic N) is 1. The van der Waals surface area contributed by atoms with Gasteiger partial charge in [0, 0.05) is 12.1 Å². The molecule has 3 aromatic carbocycles. The summed E-state index contributed by atoms with van der Waals surface area (Å²) < 4.78 is 0. The van der Waals surface area contributed by atoms with Crippen LogP contribution in [0.2, 0.25) is 0 Å². The van der Waals surface area contributed by atoms with Crippen molar-refractivity contribution < 1.29 is 24.0 Å². The molecule has 0 aromatic heterocycles. The molecule has 38 heavy (non-hydrogen) atoms. The molecule has 2 aliphatic rings. The van der Waals surface area contributed by atoms with Crippen LogP contribution in [0.3, 0.4) is 0 Å². The Morgan fingerprint density at radius 3 is 2.21 bits per heavy atom. The van der Waals surface area contributed by atoms with E-state index in [-0.39, 0.29) is 24.0 Å². The van der Waals surface area contributed by atoms with Gasteiger partial charge in [-0.2, -0.15) is 0 Å². The SMILES string of the molecule is CC(C)(NC(=O)Nc1ccc2c(c1)C(=O)N(C1CCC(=O)NC1=O)C2=O)c1ccc(-c2ccccc2)cc1. The maximum absolute atomic E-state index is 13.0. The average Bonchev–Trinajstić information content (AvgIpc) is 3.13. The van der Waals surface area contributed by atoms with Crippen molar-refractivity contribution >= 4 is 35.3 Å². The molecule has 5 rings (SSSR count). The van der Waals surface area contributed by atoms with Crippen molar-refractivity contribution in [1.82, 2.24) is 15.5 Å². The smallest absolute Gasteiger partial charge is 0.319 e.